The lowest BCUT2D eigenvalue weighted by Gasteiger charge is -2.35. The van der Waals surface area contributed by atoms with Gasteiger partial charge in [-0.3, -0.25) is 0 Å². The van der Waals surface area contributed by atoms with Crippen LogP contribution in [-0.2, 0) is 0 Å². The Morgan fingerprint density at radius 1 is 1.09 bits per heavy atom. The van der Waals surface area contributed by atoms with Crippen molar-refractivity contribution in [2.45, 2.75) is 6.42 Å². The first-order chi connectivity index (χ1) is 5.47. The number of hydrazine groups is 1. The largest absolute Gasteiger partial charge is 0.314 e. The number of piperazine rings is 1. The van der Waals surface area contributed by atoms with E-state index in [1.165, 1.54) is 13.0 Å². The van der Waals surface area contributed by atoms with Gasteiger partial charge in [0.15, 0.2) is 0 Å². The van der Waals surface area contributed by atoms with Crippen molar-refractivity contribution in [2.75, 3.05) is 32.7 Å². The Kier molecular flexibility index (Phi) is 2.10. The summed E-state index contributed by atoms with van der Waals surface area (Å²) in [5.41, 5.74) is 0. The van der Waals surface area contributed by atoms with Crippen LogP contribution in [0.3, 0.4) is 0 Å². The van der Waals surface area contributed by atoms with E-state index in [-0.39, 0.29) is 0 Å². The van der Waals surface area contributed by atoms with Crippen molar-refractivity contribution in [2.24, 2.45) is 0 Å². The van der Waals surface area contributed by atoms with Gasteiger partial charge in [-0.15, -0.1) is 0 Å². The molecule has 0 aliphatic carbocycles. The van der Waals surface area contributed by atoms with Gasteiger partial charge in [-0.2, -0.15) is 0 Å². The topological polar surface area (TPSA) is 18.5 Å². The molecular weight excluding hydrogens is 138 g/mol. The first kappa shape index (κ1) is 7.13. The molecule has 0 aromatic rings. The molecule has 1 fully saturated rings. The molecule has 0 bridgehead atoms. The van der Waals surface area contributed by atoms with E-state index in [4.69, 9.17) is 0 Å². The Bertz CT molecular complexity index is 149. The fraction of sp³-hybridized carbons (Fsp3) is 0.750. The second-order valence-electron chi connectivity index (χ2n) is 3.04. The molecule has 0 aromatic heterocycles. The molecule has 0 spiro atoms. The van der Waals surface area contributed by atoms with Gasteiger partial charge in [0.2, 0.25) is 0 Å². The maximum absolute atomic E-state index is 3.35. The van der Waals surface area contributed by atoms with E-state index in [1.807, 2.05) is 0 Å². The van der Waals surface area contributed by atoms with Crippen molar-refractivity contribution < 1.29 is 0 Å². The van der Waals surface area contributed by atoms with Crippen molar-refractivity contribution in [3.8, 4) is 0 Å². The first-order valence-electron chi connectivity index (χ1n) is 4.36. The smallest absolute Gasteiger partial charge is 0.0375 e. The van der Waals surface area contributed by atoms with Crippen molar-refractivity contribution in [1.82, 2.24) is 15.3 Å². The van der Waals surface area contributed by atoms with Gasteiger partial charge < -0.3 is 10.3 Å². The zero-order valence-electron chi connectivity index (χ0n) is 6.79. The van der Waals surface area contributed by atoms with Gasteiger partial charge in [-0.05, 0) is 6.42 Å². The third-order valence-electron chi connectivity index (χ3n) is 2.26. The Hall–Kier alpha value is -0.540. The average Bonchev–Trinajstić information content (AvgIpc) is 2.58. The minimum atomic E-state index is 1.13. The lowest BCUT2D eigenvalue weighted by molar-refractivity contribution is 0.0191. The quantitative estimate of drug-likeness (QED) is 0.573. The highest BCUT2D eigenvalue weighted by atomic mass is 15.6. The predicted molar refractivity (Wildman–Crippen MR) is 44.9 cm³/mol. The second-order valence-corrected chi connectivity index (χ2v) is 3.04. The Labute approximate surface area is 67.6 Å². The molecule has 1 N–H and O–H groups in total. The van der Waals surface area contributed by atoms with Gasteiger partial charge in [-0.25, -0.2) is 5.01 Å². The molecule has 0 aromatic carbocycles. The molecule has 0 saturated carbocycles. The summed E-state index contributed by atoms with van der Waals surface area (Å²) < 4.78 is 0. The summed E-state index contributed by atoms with van der Waals surface area (Å²) in [6, 6.07) is 0. The third-order valence-corrected chi connectivity index (χ3v) is 2.26. The van der Waals surface area contributed by atoms with Crippen molar-refractivity contribution in [3.05, 3.63) is 12.3 Å². The number of hydrogen-bond donors (Lipinski definition) is 1. The van der Waals surface area contributed by atoms with Crippen LogP contribution < -0.4 is 5.32 Å². The standard InChI is InChI=1S/C8H15N3/c1-2-6-10(5-1)11-7-3-9-4-8-11/h1,5,9H,2-4,6-8H2. The Balaban J connectivity index is 1.87. The van der Waals surface area contributed by atoms with Crippen LogP contribution in [0, 0.1) is 0 Å². The molecule has 0 radical (unpaired) electrons. The van der Waals surface area contributed by atoms with E-state index in [2.05, 4.69) is 27.6 Å². The van der Waals surface area contributed by atoms with Crippen LogP contribution in [-0.4, -0.2) is 42.7 Å². The Morgan fingerprint density at radius 2 is 1.91 bits per heavy atom. The Morgan fingerprint density at radius 3 is 2.55 bits per heavy atom. The van der Waals surface area contributed by atoms with Gasteiger partial charge >= 0.3 is 0 Å². The van der Waals surface area contributed by atoms with Crippen LogP contribution in [0.15, 0.2) is 12.3 Å². The fourth-order valence-electron chi connectivity index (χ4n) is 1.62. The fourth-order valence-corrected chi connectivity index (χ4v) is 1.62. The molecule has 0 amide bonds. The number of hydrogen-bond acceptors (Lipinski definition) is 3. The van der Waals surface area contributed by atoms with E-state index in [0.29, 0.717) is 0 Å². The lowest BCUT2D eigenvalue weighted by Crippen LogP contribution is -2.49. The molecule has 0 unspecified atom stereocenters. The minimum Gasteiger partial charge on any atom is -0.314 e. The predicted octanol–water partition coefficient (Wildman–Crippen LogP) is 0.0260. The maximum atomic E-state index is 3.35. The second kappa shape index (κ2) is 3.24. The summed E-state index contributed by atoms with van der Waals surface area (Å²) >= 11 is 0. The number of nitrogens with zero attached hydrogens (tertiary/aromatic N) is 2. The molecule has 62 valence electrons. The summed E-state index contributed by atoms with van der Waals surface area (Å²) in [7, 11) is 0. The molecule has 2 aliphatic heterocycles. The highest BCUT2D eigenvalue weighted by Gasteiger charge is 2.15. The zero-order chi connectivity index (χ0) is 7.52. The lowest BCUT2D eigenvalue weighted by atomic mass is 10.4. The van der Waals surface area contributed by atoms with E-state index < -0.39 is 0 Å². The normalized spacial score (nSPS) is 26.4. The van der Waals surface area contributed by atoms with Crippen LogP contribution in [0.2, 0.25) is 0 Å². The molecule has 11 heavy (non-hydrogen) atoms. The van der Waals surface area contributed by atoms with Gasteiger partial charge in [0, 0.05) is 38.9 Å². The maximum Gasteiger partial charge on any atom is 0.0375 e. The molecule has 2 heterocycles. The zero-order valence-corrected chi connectivity index (χ0v) is 6.79. The highest BCUT2D eigenvalue weighted by molar-refractivity contribution is 4.90. The SMILES string of the molecule is C1=CN(N2CCNCC2)CC1. The van der Waals surface area contributed by atoms with Crippen molar-refractivity contribution >= 4 is 0 Å². The monoisotopic (exact) mass is 153 g/mol. The van der Waals surface area contributed by atoms with Gasteiger partial charge in [0.25, 0.3) is 0 Å². The third kappa shape index (κ3) is 1.54. The summed E-state index contributed by atoms with van der Waals surface area (Å²) in [4.78, 5) is 0. The van der Waals surface area contributed by atoms with Crippen molar-refractivity contribution in [3.63, 3.8) is 0 Å². The van der Waals surface area contributed by atoms with Crippen LogP contribution in [0.1, 0.15) is 6.42 Å². The molecule has 0 atom stereocenters. The van der Waals surface area contributed by atoms with E-state index in [9.17, 15) is 0 Å². The molecule has 2 aliphatic rings. The first-order valence-corrected chi connectivity index (χ1v) is 4.36. The van der Waals surface area contributed by atoms with Crippen molar-refractivity contribution in [1.29, 1.82) is 0 Å². The van der Waals surface area contributed by atoms with Crippen LogP contribution in [0.25, 0.3) is 0 Å². The van der Waals surface area contributed by atoms with E-state index in [0.717, 1.165) is 26.2 Å². The van der Waals surface area contributed by atoms with Gasteiger partial charge in [0.05, 0.1) is 0 Å². The molecule has 3 nitrogen and oxygen atoms in total. The minimum absolute atomic E-state index is 1.13. The summed E-state index contributed by atoms with van der Waals surface area (Å²) in [6.07, 6.45) is 5.65. The van der Waals surface area contributed by atoms with Crippen LogP contribution >= 0.6 is 0 Å². The molecule has 1 saturated heterocycles. The number of nitrogens with one attached hydrogen (secondary N) is 1. The van der Waals surface area contributed by atoms with E-state index in [1.54, 1.807) is 0 Å². The molecule has 2 rings (SSSR count). The van der Waals surface area contributed by atoms with Gasteiger partial charge in [0.1, 0.15) is 0 Å². The van der Waals surface area contributed by atoms with Crippen LogP contribution in [0.4, 0.5) is 0 Å². The summed E-state index contributed by atoms with van der Waals surface area (Å²) in [5, 5.41) is 8.10. The van der Waals surface area contributed by atoms with E-state index >= 15 is 0 Å². The molecular formula is C8H15N3. The highest BCUT2D eigenvalue weighted by Crippen LogP contribution is 2.08. The summed E-state index contributed by atoms with van der Waals surface area (Å²) in [6.45, 7) is 5.75. The summed E-state index contributed by atoms with van der Waals surface area (Å²) in [5.74, 6) is 0. The molecule has 3 heteroatoms. The van der Waals surface area contributed by atoms with Crippen LogP contribution in [0.5, 0.6) is 0 Å². The average molecular weight is 153 g/mol. The number of rotatable bonds is 1. The van der Waals surface area contributed by atoms with Gasteiger partial charge in [-0.1, -0.05) is 6.08 Å².